The van der Waals surface area contributed by atoms with Crippen molar-refractivity contribution < 1.29 is 9.53 Å². The number of benzene rings is 1. The van der Waals surface area contributed by atoms with Crippen molar-refractivity contribution in [2.75, 3.05) is 13.0 Å². The lowest BCUT2D eigenvalue weighted by atomic mass is 10.3. The summed E-state index contributed by atoms with van der Waals surface area (Å²) in [5.74, 6) is 0.751. The number of fused-ring (bicyclic) bond motifs is 1. The molecule has 2 aromatic rings. The molecule has 0 spiro atoms. The summed E-state index contributed by atoms with van der Waals surface area (Å²) in [5, 5.41) is 0.840. The van der Waals surface area contributed by atoms with Crippen LogP contribution in [-0.2, 0) is 22.5 Å². The van der Waals surface area contributed by atoms with Crippen molar-refractivity contribution in [3.05, 3.63) is 28.0 Å². The minimum Gasteiger partial charge on any atom is -0.468 e. The van der Waals surface area contributed by atoms with Gasteiger partial charge in [0.25, 0.3) is 0 Å². The topological polar surface area (TPSA) is 44.1 Å². The maximum absolute atomic E-state index is 11.5. The summed E-state index contributed by atoms with van der Waals surface area (Å²) < 4.78 is 6.42. The van der Waals surface area contributed by atoms with E-state index in [1.54, 1.807) is 16.7 Å². The van der Waals surface area contributed by atoms with E-state index in [0.29, 0.717) is 33.7 Å². The number of carbonyl (C=O) groups is 1. The number of nitrogens with zero attached hydrogens (tertiary/aromatic N) is 2. The van der Waals surface area contributed by atoms with Crippen LogP contribution in [0.4, 0.5) is 0 Å². The second-order valence-electron chi connectivity index (χ2n) is 3.88. The first-order valence-corrected chi connectivity index (χ1v) is 6.82. The maximum atomic E-state index is 11.5. The Kier molecular flexibility index (Phi) is 4.55. The lowest BCUT2D eigenvalue weighted by Crippen LogP contribution is -2.14. The number of hydrogen-bond acceptors (Lipinski definition) is 3. The molecule has 19 heavy (non-hydrogen) atoms. The Morgan fingerprint density at radius 3 is 2.68 bits per heavy atom. The Morgan fingerprint density at radius 1 is 1.37 bits per heavy atom. The summed E-state index contributed by atoms with van der Waals surface area (Å²) in [4.78, 5) is 15.9. The van der Waals surface area contributed by atoms with Gasteiger partial charge in [0.05, 0.1) is 28.2 Å². The van der Waals surface area contributed by atoms with Gasteiger partial charge in [-0.15, -0.1) is 11.6 Å². The minimum atomic E-state index is -0.360. The van der Waals surface area contributed by atoms with Crippen LogP contribution < -0.4 is 0 Å². The number of esters is 1. The third-order valence-electron chi connectivity index (χ3n) is 2.70. The molecule has 1 aromatic heterocycles. The second kappa shape index (κ2) is 5.99. The number of carbonyl (C=O) groups excluding carboxylic acids is 1. The first-order valence-electron chi connectivity index (χ1n) is 5.53. The van der Waals surface area contributed by atoms with Gasteiger partial charge >= 0.3 is 5.97 Å². The van der Waals surface area contributed by atoms with Crippen LogP contribution in [0.15, 0.2) is 12.1 Å². The molecule has 1 aromatic carbocycles. The van der Waals surface area contributed by atoms with Crippen molar-refractivity contribution in [1.82, 2.24) is 9.55 Å². The molecule has 4 nitrogen and oxygen atoms in total. The molecule has 7 heteroatoms. The standard InChI is InChI=1S/C12H11Cl3N2O2/c1-19-12(18)6-17-10-5-8(15)7(14)4-9(10)16-11(17)2-3-13/h4-5H,2-3,6H2,1H3. The smallest absolute Gasteiger partial charge is 0.325 e. The normalized spacial score (nSPS) is 10.9. The van der Waals surface area contributed by atoms with Gasteiger partial charge in [0.2, 0.25) is 0 Å². The van der Waals surface area contributed by atoms with Gasteiger partial charge in [-0.25, -0.2) is 4.98 Å². The zero-order valence-electron chi connectivity index (χ0n) is 10.1. The highest BCUT2D eigenvalue weighted by Gasteiger charge is 2.15. The predicted octanol–water partition coefficient (Wildman–Crippen LogP) is 3.30. The number of imidazole rings is 1. The van der Waals surface area contributed by atoms with Crippen LogP contribution in [0.25, 0.3) is 11.0 Å². The van der Waals surface area contributed by atoms with E-state index in [4.69, 9.17) is 34.8 Å². The van der Waals surface area contributed by atoms with Gasteiger partial charge in [0, 0.05) is 12.3 Å². The quantitative estimate of drug-likeness (QED) is 0.641. The van der Waals surface area contributed by atoms with Crippen LogP contribution in [0.1, 0.15) is 5.82 Å². The first kappa shape index (κ1) is 14.4. The third kappa shape index (κ3) is 2.96. The number of hydrogen-bond donors (Lipinski definition) is 0. The molecule has 0 radical (unpaired) electrons. The summed E-state index contributed by atoms with van der Waals surface area (Å²) in [5.41, 5.74) is 1.42. The summed E-state index contributed by atoms with van der Waals surface area (Å²) in [6, 6.07) is 3.36. The molecule has 1 heterocycles. The van der Waals surface area contributed by atoms with Gasteiger partial charge in [-0.2, -0.15) is 0 Å². The number of alkyl halides is 1. The molecule has 0 aliphatic heterocycles. The zero-order valence-corrected chi connectivity index (χ0v) is 12.4. The molecule has 0 aliphatic carbocycles. The van der Waals surface area contributed by atoms with Crippen LogP contribution >= 0.6 is 34.8 Å². The summed E-state index contributed by atoms with van der Waals surface area (Å²) in [6.07, 6.45) is 0.544. The minimum absolute atomic E-state index is 0.0667. The summed E-state index contributed by atoms with van der Waals surface area (Å²) in [6.45, 7) is 0.0667. The van der Waals surface area contributed by atoms with Crippen LogP contribution in [0, 0.1) is 0 Å². The van der Waals surface area contributed by atoms with Gasteiger partial charge < -0.3 is 9.30 Å². The number of aromatic nitrogens is 2. The molecule has 0 fully saturated rings. The lowest BCUT2D eigenvalue weighted by molar-refractivity contribution is -0.141. The van der Waals surface area contributed by atoms with E-state index >= 15 is 0 Å². The Bertz CT molecular complexity index is 625. The number of ether oxygens (including phenoxy) is 1. The highest BCUT2D eigenvalue weighted by atomic mass is 35.5. The van der Waals surface area contributed by atoms with Crippen molar-refractivity contribution in [1.29, 1.82) is 0 Å². The highest BCUT2D eigenvalue weighted by molar-refractivity contribution is 6.42. The van der Waals surface area contributed by atoms with Crippen molar-refractivity contribution >= 4 is 51.8 Å². The van der Waals surface area contributed by atoms with E-state index in [9.17, 15) is 4.79 Å². The highest BCUT2D eigenvalue weighted by Crippen LogP contribution is 2.28. The van der Waals surface area contributed by atoms with Crippen LogP contribution in [0.5, 0.6) is 0 Å². The van der Waals surface area contributed by atoms with E-state index in [2.05, 4.69) is 9.72 Å². The average molecular weight is 322 g/mol. The van der Waals surface area contributed by atoms with Gasteiger partial charge in [-0.05, 0) is 12.1 Å². The average Bonchev–Trinajstić information content (AvgIpc) is 2.68. The fourth-order valence-electron chi connectivity index (χ4n) is 1.82. The van der Waals surface area contributed by atoms with E-state index < -0.39 is 0 Å². The fourth-order valence-corrected chi connectivity index (χ4v) is 2.30. The van der Waals surface area contributed by atoms with E-state index in [-0.39, 0.29) is 12.5 Å². The van der Waals surface area contributed by atoms with E-state index in [0.717, 1.165) is 5.52 Å². The Balaban J connectivity index is 2.58. The van der Waals surface area contributed by atoms with E-state index in [1.807, 2.05) is 0 Å². The first-order chi connectivity index (χ1) is 9.06. The molecule has 0 bridgehead atoms. The summed E-state index contributed by atoms with van der Waals surface area (Å²) >= 11 is 17.7. The second-order valence-corrected chi connectivity index (χ2v) is 5.08. The molecule has 0 N–H and O–H groups in total. The monoisotopic (exact) mass is 320 g/mol. The third-order valence-corrected chi connectivity index (χ3v) is 3.61. The van der Waals surface area contributed by atoms with Crippen LogP contribution in [0.3, 0.4) is 0 Å². The largest absolute Gasteiger partial charge is 0.468 e. The maximum Gasteiger partial charge on any atom is 0.325 e. The fraction of sp³-hybridized carbons (Fsp3) is 0.333. The van der Waals surface area contributed by atoms with Crippen LogP contribution in [0.2, 0.25) is 10.0 Å². The molecule has 2 rings (SSSR count). The van der Waals surface area contributed by atoms with Gasteiger partial charge in [-0.3, -0.25) is 4.79 Å². The van der Waals surface area contributed by atoms with Gasteiger partial charge in [0.1, 0.15) is 12.4 Å². The van der Waals surface area contributed by atoms with Crippen molar-refractivity contribution in [3.8, 4) is 0 Å². The number of rotatable bonds is 4. The number of halogens is 3. The molecule has 0 saturated carbocycles. The van der Waals surface area contributed by atoms with Crippen molar-refractivity contribution in [2.24, 2.45) is 0 Å². The Labute approximate surface area is 125 Å². The molecule has 0 aliphatic rings. The van der Waals surface area contributed by atoms with Crippen LogP contribution in [-0.4, -0.2) is 28.5 Å². The number of aryl methyl sites for hydroxylation is 1. The molecular weight excluding hydrogens is 311 g/mol. The Morgan fingerprint density at radius 2 is 2.05 bits per heavy atom. The molecule has 0 unspecified atom stereocenters. The van der Waals surface area contributed by atoms with Gasteiger partial charge in [0.15, 0.2) is 0 Å². The zero-order chi connectivity index (χ0) is 14.0. The van der Waals surface area contributed by atoms with Crippen molar-refractivity contribution in [2.45, 2.75) is 13.0 Å². The molecule has 0 atom stereocenters. The lowest BCUT2D eigenvalue weighted by Gasteiger charge is -2.07. The molecule has 0 amide bonds. The predicted molar refractivity (Wildman–Crippen MR) is 76.2 cm³/mol. The van der Waals surface area contributed by atoms with Gasteiger partial charge in [-0.1, -0.05) is 23.2 Å². The molecular formula is C12H11Cl3N2O2. The molecule has 0 saturated heterocycles. The molecule has 102 valence electrons. The Hall–Kier alpha value is -0.970. The number of methoxy groups -OCH3 is 1. The van der Waals surface area contributed by atoms with Crippen molar-refractivity contribution in [3.63, 3.8) is 0 Å². The SMILES string of the molecule is COC(=O)Cn1c(CCCl)nc2cc(Cl)c(Cl)cc21. The summed E-state index contributed by atoms with van der Waals surface area (Å²) in [7, 11) is 1.34. The van der Waals surface area contributed by atoms with E-state index in [1.165, 1.54) is 7.11 Å².